The van der Waals surface area contributed by atoms with Gasteiger partial charge in [-0.15, -0.1) is 0 Å². The van der Waals surface area contributed by atoms with Crippen LogP contribution in [0.5, 0.6) is 0 Å². The van der Waals surface area contributed by atoms with Crippen LogP contribution in [0.25, 0.3) is 0 Å². The Hall–Kier alpha value is -1.59. The zero-order chi connectivity index (χ0) is 38.5. The first-order chi connectivity index (χ1) is 25.1. The molecule has 0 heterocycles. The van der Waals surface area contributed by atoms with Crippen molar-refractivity contribution in [1.82, 2.24) is 0 Å². The Balaban J connectivity index is 4.32. The average molecular weight is 737 g/mol. The molecule has 0 aromatic heterocycles. The average Bonchev–Trinajstić information content (AvgIpc) is 3.09. The van der Waals surface area contributed by atoms with Gasteiger partial charge in [0.1, 0.15) is 13.2 Å². The van der Waals surface area contributed by atoms with Crippen molar-refractivity contribution >= 4 is 17.9 Å². The summed E-state index contributed by atoms with van der Waals surface area (Å²) < 4.78 is 16.7. The van der Waals surface area contributed by atoms with E-state index in [0.29, 0.717) is 19.3 Å². The van der Waals surface area contributed by atoms with E-state index < -0.39 is 6.10 Å². The fourth-order valence-electron chi connectivity index (χ4n) is 6.70. The molecule has 0 aliphatic rings. The molecule has 0 aromatic carbocycles. The van der Waals surface area contributed by atoms with Crippen molar-refractivity contribution in [3.8, 4) is 0 Å². The van der Waals surface area contributed by atoms with Crippen molar-refractivity contribution in [2.45, 2.75) is 247 Å². The van der Waals surface area contributed by atoms with Crippen LogP contribution < -0.4 is 0 Å². The van der Waals surface area contributed by atoms with E-state index in [4.69, 9.17) is 14.2 Å². The lowest BCUT2D eigenvalue weighted by Crippen LogP contribution is -2.30. The lowest BCUT2D eigenvalue weighted by Gasteiger charge is -2.18. The molecule has 0 saturated heterocycles. The predicted octanol–water partition coefficient (Wildman–Crippen LogP) is 14.0. The number of rotatable bonds is 39. The normalized spacial score (nSPS) is 12.2. The molecule has 0 N–H and O–H groups in total. The van der Waals surface area contributed by atoms with E-state index >= 15 is 0 Å². The maximum Gasteiger partial charge on any atom is 0.306 e. The largest absolute Gasteiger partial charge is 0.462 e. The highest BCUT2D eigenvalue weighted by Crippen LogP contribution is 2.16. The first-order valence-electron chi connectivity index (χ1n) is 22.6. The van der Waals surface area contributed by atoms with Crippen LogP contribution in [-0.4, -0.2) is 37.2 Å². The second kappa shape index (κ2) is 37.7. The number of hydrogen-bond acceptors (Lipinski definition) is 6. The van der Waals surface area contributed by atoms with Crippen molar-refractivity contribution < 1.29 is 28.6 Å². The minimum absolute atomic E-state index is 0.0674. The third-order valence-electron chi connectivity index (χ3n) is 10.1. The molecule has 0 amide bonds. The van der Waals surface area contributed by atoms with Gasteiger partial charge in [-0.05, 0) is 37.0 Å². The van der Waals surface area contributed by atoms with Crippen LogP contribution in [0.1, 0.15) is 241 Å². The third kappa shape index (κ3) is 39.6. The highest BCUT2D eigenvalue weighted by atomic mass is 16.6. The number of esters is 3. The van der Waals surface area contributed by atoms with Gasteiger partial charge < -0.3 is 14.2 Å². The summed E-state index contributed by atoms with van der Waals surface area (Å²) in [6.45, 7) is 13.6. The lowest BCUT2D eigenvalue weighted by atomic mass is 10.0. The molecular formula is C46H88O6. The topological polar surface area (TPSA) is 78.9 Å². The predicted molar refractivity (Wildman–Crippen MR) is 219 cm³/mol. The van der Waals surface area contributed by atoms with Gasteiger partial charge in [0.25, 0.3) is 0 Å². The SMILES string of the molecule is CC(C)CCCCCCCCCCCCCCC(=O)O[C@H](COC(=O)CCCCCCCCCC(C)C)COC(=O)CCCCCCCCC(C)C. The molecule has 6 heteroatoms. The summed E-state index contributed by atoms with van der Waals surface area (Å²) in [7, 11) is 0. The molecular weight excluding hydrogens is 648 g/mol. The summed E-state index contributed by atoms with van der Waals surface area (Å²) in [6.07, 6.45) is 34.0. The van der Waals surface area contributed by atoms with Gasteiger partial charge >= 0.3 is 17.9 Å². The summed E-state index contributed by atoms with van der Waals surface area (Å²) in [5, 5.41) is 0. The van der Waals surface area contributed by atoms with Gasteiger partial charge in [0, 0.05) is 19.3 Å². The van der Waals surface area contributed by atoms with Crippen LogP contribution in [0.15, 0.2) is 0 Å². The summed E-state index contributed by atoms with van der Waals surface area (Å²) in [6, 6.07) is 0. The number of carbonyl (C=O) groups excluding carboxylic acids is 3. The Morgan fingerprint density at radius 3 is 0.827 bits per heavy atom. The molecule has 0 aliphatic heterocycles. The molecule has 0 bridgehead atoms. The fourth-order valence-corrected chi connectivity index (χ4v) is 6.70. The zero-order valence-corrected chi connectivity index (χ0v) is 35.6. The van der Waals surface area contributed by atoms with Gasteiger partial charge in [-0.1, -0.05) is 202 Å². The van der Waals surface area contributed by atoms with Gasteiger partial charge in [0.15, 0.2) is 6.10 Å². The summed E-state index contributed by atoms with van der Waals surface area (Å²) >= 11 is 0. The highest BCUT2D eigenvalue weighted by molar-refractivity contribution is 5.71. The monoisotopic (exact) mass is 737 g/mol. The molecule has 6 nitrogen and oxygen atoms in total. The Morgan fingerprint density at radius 1 is 0.327 bits per heavy atom. The summed E-state index contributed by atoms with van der Waals surface area (Å²) in [4.78, 5) is 37.6. The molecule has 1 atom stereocenters. The second-order valence-electron chi connectivity index (χ2n) is 17.1. The standard InChI is InChI=1S/C46H88O6/c1-40(2)32-26-20-14-11-9-7-8-10-12-16-25-31-37-46(49)52-43(39-51-45(48)36-30-24-19-18-22-28-34-42(5)6)38-50-44(47)35-29-23-17-13-15-21-27-33-41(3)4/h40-43H,7-39H2,1-6H3/t43-/m1/s1. The first-order valence-corrected chi connectivity index (χ1v) is 22.6. The molecule has 0 rings (SSSR count). The third-order valence-corrected chi connectivity index (χ3v) is 10.1. The smallest absolute Gasteiger partial charge is 0.306 e. The maximum absolute atomic E-state index is 12.7. The van der Waals surface area contributed by atoms with Crippen LogP contribution in [0.2, 0.25) is 0 Å². The van der Waals surface area contributed by atoms with Crippen LogP contribution in [0, 0.1) is 17.8 Å². The Kier molecular flexibility index (Phi) is 36.6. The summed E-state index contributed by atoms with van der Waals surface area (Å²) in [5.74, 6) is 1.51. The van der Waals surface area contributed by atoms with E-state index in [2.05, 4.69) is 41.5 Å². The van der Waals surface area contributed by atoms with Gasteiger partial charge in [0.05, 0.1) is 0 Å². The van der Waals surface area contributed by atoms with E-state index in [0.717, 1.165) is 75.5 Å². The second-order valence-corrected chi connectivity index (χ2v) is 17.1. The van der Waals surface area contributed by atoms with E-state index in [1.54, 1.807) is 0 Å². The number of carbonyl (C=O) groups is 3. The molecule has 0 radical (unpaired) electrons. The molecule has 52 heavy (non-hydrogen) atoms. The van der Waals surface area contributed by atoms with Crippen LogP contribution in [0.3, 0.4) is 0 Å². The van der Waals surface area contributed by atoms with E-state index in [-0.39, 0.29) is 31.1 Å². The zero-order valence-electron chi connectivity index (χ0n) is 35.6. The van der Waals surface area contributed by atoms with Crippen molar-refractivity contribution in [1.29, 1.82) is 0 Å². The number of hydrogen-bond donors (Lipinski definition) is 0. The van der Waals surface area contributed by atoms with Gasteiger partial charge in [0.2, 0.25) is 0 Å². The van der Waals surface area contributed by atoms with Gasteiger partial charge in [-0.3, -0.25) is 14.4 Å². The molecule has 0 unspecified atom stereocenters. The molecule has 0 spiro atoms. The summed E-state index contributed by atoms with van der Waals surface area (Å²) in [5.41, 5.74) is 0. The molecule has 308 valence electrons. The lowest BCUT2D eigenvalue weighted by molar-refractivity contribution is -0.167. The van der Waals surface area contributed by atoms with E-state index in [1.807, 2.05) is 0 Å². The fraction of sp³-hybridized carbons (Fsp3) is 0.935. The van der Waals surface area contributed by atoms with E-state index in [1.165, 1.54) is 122 Å². The van der Waals surface area contributed by atoms with E-state index in [9.17, 15) is 14.4 Å². The Morgan fingerprint density at radius 2 is 0.558 bits per heavy atom. The molecule has 0 saturated carbocycles. The first kappa shape index (κ1) is 50.4. The minimum Gasteiger partial charge on any atom is -0.462 e. The molecule has 0 aliphatic carbocycles. The Labute approximate surface area is 323 Å². The van der Waals surface area contributed by atoms with Gasteiger partial charge in [-0.2, -0.15) is 0 Å². The van der Waals surface area contributed by atoms with Crippen molar-refractivity contribution in [3.05, 3.63) is 0 Å². The van der Waals surface area contributed by atoms with Crippen molar-refractivity contribution in [2.24, 2.45) is 17.8 Å². The van der Waals surface area contributed by atoms with Crippen LogP contribution >= 0.6 is 0 Å². The molecule has 0 fully saturated rings. The van der Waals surface area contributed by atoms with Crippen molar-refractivity contribution in [3.63, 3.8) is 0 Å². The maximum atomic E-state index is 12.7. The number of ether oxygens (including phenoxy) is 3. The Bertz CT molecular complexity index is 807. The quantitative estimate of drug-likeness (QED) is 0.0355. The van der Waals surface area contributed by atoms with Gasteiger partial charge in [-0.25, -0.2) is 0 Å². The van der Waals surface area contributed by atoms with Crippen LogP contribution in [0.4, 0.5) is 0 Å². The minimum atomic E-state index is -0.762. The number of unbranched alkanes of at least 4 members (excludes halogenated alkanes) is 22. The molecule has 0 aromatic rings. The van der Waals surface area contributed by atoms with Crippen LogP contribution in [-0.2, 0) is 28.6 Å². The highest BCUT2D eigenvalue weighted by Gasteiger charge is 2.19. The van der Waals surface area contributed by atoms with Crippen molar-refractivity contribution in [2.75, 3.05) is 13.2 Å².